The van der Waals surface area contributed by atoms with Crippen LogP contribution in [0, 0.1) is 0 Å². The third-order valence-corrected chi connectivity index (χ3v) is 5.56. The number of carbonyl (C=O) groups is 1. The average Bonchev–Trinajstić information content (AvgIpc) is 2.77. The third-order valence-electron chi connectivity index (χ3n) is 5.56. The molecule has 1 saturated heterocycles. The lowest BCUT2D eigenvalue weighted by Crippen LogP contribution is -2.45. The Kier molecular flexibility index (Phi) is 8.01. The first-order chi connectivity index (χ1) is 15.6. The van der Waals surface area contributed by atoms with Gasteiger partial charge < -0.3 is 10.1 Å². The van der Waals surface area contributed by atoms with Crippen molar-refractivity contribution in [2.75, 3.05) is 19.6 Å². The molecule has 4 nitrogen and oxygen atoms in total. The molecule has 0 aliphatic carbocycles. The van der Waals surface area contributed by atoms with E-state index in [2.05, 4.69) is 10.2 Å². The molecule has 2 aromatic rings. The Morgan fingerprint density at radius 3 is 2.21 bits per heavy atom. The van der Waals surface area contributed by atoms with Crippen LogP contribution in [0.1, 0.15) is 41.1 Å². The Morgan fingerprint density at radius 2 is 1.64 bits per heavy atom. The second-order valence-corrected chi connectivity index (χ2v) is 7.87. The van der Waals surface area contributed by atoms with Crippen LogP contribution in [0.4, 0.5) is 26.3 Å². The van der Waals surface area contributed by atoms with Gasteiger partial charge in [-0.15, -0.1) is 0 Å². The standard InChI is InChI=1S/C23H24F6N2O2/c24-22(25,26)18-11-16(12-19(13-18)23(27,28)29)14-33-20-7-4-9-31(10-8-30-15-32)21(20)17-5-2-1-3-6-17/h1-3,5-6,11-13,15,20-21H,4,7-10,14H2,(H,30,32)/t20-,21-/m1/s1. The van der Waals surface area contributed by atoms with Crippen LogP contribution in [0.25, 0.3) is 0 Å². The lowest BCUT2D eigenvalue weighted by molar-refractivity contribution is -0.143. The summed E-state index contributed by atoms with van der Waals surface area (Å²) in [6, 6.07) is 10.6. The molecule has 1 aliphatic rings. The fraction of sp³-hybridized carbons (Fsp3) is 0.435. The van der Waals surface area contributed by atoms with Crippen molar-refractivity contribution < 1.29 is 35.9 Å². The number of hydrogen-bond donors (Lipinski definition) is 1. The summed E-state index contributed by atoms with van der Waals surface area (Å²) in [4.78, 5) is 12.7. The van der Waals surface area contributed by atoms with Crippen molar-refractivity contribution in [1.82, 2.24) is 10.2 Å². The van der Waals surface area contributed by atoms with E-state index in [9.17, 15) is 31.1 Å². The molecule has 0 bridgehead atoms. The molecule has 0 saturated carbocycles. The number of alkyl halides is 6. The zero-order valence-corrected chi connectivity index (χ0v) is 17.6. The minimum Gasteiger partial charge on any atom is -0.372 e. The number of carbonyl (C=O) groups excluding carboxylic acids is 1. The molecule has 2 aromatic carbocycles. The highest BCUT2D eigenvalue weighted by molar-refractivity contribution is 5.45. The summed E-state index contributed by atoms with van der Waals surface area (Å²) >= 11 is 0. The van der Waals surface area contributed by atoms with Crippen LogP contribution in [0.5, 0.6) is 0 Å². The number of likely N-dealkylation sites (tertiary alicyclic amines) is 1. The van der Waals surface area contributed by atoms with E-state index in [1.54, 1.807) is 0 Å². The predicted octanol–water partition coefficient (Wildman–Crippen LogP) is 5.19. The lowest BCUT2D eigenvalue weighted by atomic mass is 9.92. The van der Waals surface area contributed by atoms with Crippen molar-refractivity contribution in [2.24, 2.45) is 0 Å². The number of piperidine rings is 1. The number of ether oxygens (including phenoxy) is 1. The van der Waals surface area contributed by atoms with E-state index in [0.29, 0.717) is 38.1 Å². The van der Waals surface area contributed by atoms with Gasteiger partial charge in [-0.3, -0.25) is 9.69 Å². The SMILES string of the molecule is O=CNCCN1CCC[C@@H](OCc2cc(C(F)(F)F)cc(C(F)(F)F)c2)[C@H]1c1ccccc1. The molecule has 0 aromatic heterocycles. The first-order valence-corrected chi connectivity index (χ1v) is 10.5. The molecule has 1 aliphatic heterocycles. The molecule has 0 unspecified atom stereocenters. The topological polar surface area (TPSA) is 41.6 Å². The normalized spacial score (nSPS) is 19.9. The molecular formula is C23H24F6N2O2. The maximum Gasteiger partial charge on any atom is 0.416 e. The van der Waals surface area contributed by atoms with Crippen LogP contribution in [0.15, 0.2) is 48.5 Å². The zero-order valence-electron chi connectivity index (χ0n) is 17.6. The Bertz CT molecular complexity index is 885. The maximum atomic E-state index is 13.2. The van der Waals surface area contributed by atoms with E-state index in [1.165, 1.54) is 0 Å². The van der Waals surface area contributed by atoms with Crippen LogP contribution in [0.2, 0.25) is 0 Å². The largest absolute Gasteiger partial charge is 0.416 e. The Balaban J connectivity index is 1.84. The predicted molar refractivity (Wildman–Crippen MR) is 109 cm³/mol. The molecule has 1 amide bonds. The van der Waals surface area contributed by atoms with Gasteiger partial charge >= 0.3 is 12.4 Å². The van der Waals surface area contributed by atoms with E-state index in [1.807, 2.05) is 30.3 Å². The van der Waals surface area contributed by atoms with Gasteiger partial charge in [0.05, 0.1) is 29.9 Å². The average molecular weight is 474 g/mol. The second-order valence-electron chi connectivity index (χ2n) is 7.87. The van der Waals surface area contributed by atoms with Gasteiger partial charge in [0.2, 0.25) is 6.41 Å². The maximum absolute atomic E-state index is 13.2. The van der Waals surface area contributed by atoms with Gasteiger partial charge in [-0.2, -0.15) is 26.3 Å². The van der Waals surface area contributed by atoms with Gasteiger partial charge in [0.25, 0.3) is 0 Å². The van der Waals surface area contributed by atoms with Crippen molar-refractivity contribution >= 4 is 6.41 Å². The van der Waals surface area contributed by atoms with Crippen molar-refractivity contribution in [3.8, 4) is 0 Å². The summed E-state index contributed by atoms with van der Waals surface area (Å²) in [7, 11) is 0. The number of nitrogens with zero attached hydrogens (tertiary/aromatic N) is 1. The molecule has 1 fully saturated rings. The summed E-state index contributed by atoms with van der Waals surface area (Å²) < 4.78 is 84.9. The monoisotopic (exact) mass is 474 g/mol. The molecule has 180 valence electrons. The molecule has 1 N–H and O–H groups in total. The Hall–Kier alpha value is -2.59. The Labute approximate surface area is 187 Å². The van der Waals surface area contributed by atoms with Crippen LogP contribution in [-0.2, 0) is 28.5 Å². The van der Waals surface area contributed by atoms with Crippen molar-refractivity contribution in [3.05, 3.63) is 70.8 Å². The fourth-order valence-electron chi connectivity index (χ4n) is 4.10. The number of hydrogen-bond acceptors (Lipinski definition) is 3. The first-order valence-electron chi connectivity index (χ1n) is 10.5. The summed E-state index contributed by atoms with van der Waals surface area (Å²) in [5.41, 5.74) is -1.99. The molecule has 2 atom stereocenters. The zero-order chi connectivity index (χ0) is 24.1. The molecule has 3 rings (SSSR count). The molecule has 10 heteroatoms. The van der Waals surface area contributed by atoms with Gasteiger partial charge in [-0.05, 0) is 48.7 Å². The number of nitrogens with one attached hydrogen (secondary N) is 1. The Morgan fingerprint density at radius 1 is 1.00 bits per heavy atom. The van der Waals surface area contributed by atoms with E-state index in [-0.39, 0.29) is 24.3 Å². The third kappa shape index (κ3) is 6.70. The van der Waals surface area contributed by atoms with Gasteiger partial charge in [0, 0.05) is 13.1 Å². The van der Waals surface area contributed by atoms with E-state index >= 15 is 0 Å². The quantitative estimate of drug-likeness (QED) is 0.325. The summed E-state index contributed by atoms with van der Waals surface area (Å²) in [5.74, 6) is 0. The number of rotatable bonds is 8. The van der Waals surface area contributed by atoms with Gasteiger partial charge in [0.15, 0.2) is 0 Å². The van der Waals surface area contributed by atoms with Crippen molar-refractivity contribution in [2.45, 2.75) is 43.9 Å². The highest BCUT2D eigenvalue weighted by atomic mass is 19.4. The van der Waals surface area contributed by atoms with E-state index < -0.39 is 29.6 Å². The summed E-state index contributed by atoms with van der Waals surface area (Å²) in [6.45, 7) is 1.27. The van der Waals surface area contributed by atoms with Crippen molar-refractivity contribution in [1.29, 1.82) is 0 Å². The van der Waals surface area contributed by atoms with Gasteiger partial charge in [-0.25, -0.2) is 0 Å². The minimum atomic E-state index is -4.91. The molecule has 0 spiro atoms. The molecule has 33 heavy (non-hydrogen) atoms. The van der Waals surface area contributed by atoms with E-state index in [0.717, 1.165) is 18.5 Å². The summed E-state index contributed by atoms with van der Waals surface area (Å²) in [6.07, 6.45) is -8.32. The number of amides is 1. The summed E-state index contributed by atoms with van der Waals surface area (Å²) in [5, 5.41) is 2.60. The molecular weight excluding hydrogens is 450 g/mol. The van der Waals surface area contributed by atoms with Crippen LogP contribution in [-0.4, -0.2) is 37.0 Å². The van der Waals surface area contributed by atoms with Gasteiger partial charge in [-0.1, -0.05) is 30.3 Å². The first kappa shape index (κ1) is 25.0. The number of halogens is 6. The van der Waals surface area contributed by atoms with Gasteiger partial charge in [0.1, 0.15) is 0 Å². The van der Waals surface area contributed by atoms with Crippen LogP contribution in [0.3, 0.4) is 0 Å². The highest BCUT2D eigenvalue weighted by Crippen LogP contribution is 2.37. The van der Waals surface area contributed by atoms with Crippen molar-refractivity contribution in [3.63, 3.8) is 0 Å². The minimum absolute atomic E-state index is 0.110. The fourth-order valence-corrected chi connectivity index (χ4v) is 4.10. The van der Waals surface area contributed by atoms with Crippen LogP contribution < -0.4 is 5.32 Å². The molecule has 0 radical (unpaired) electrons. The number of benzene rings is 2. The van der Waals surface area contributed by atoms with E-state index in [4.69, 9.17) is 4.74 Å². The smallest absolute Gasteiger partial charge is 0.372 e. The lowest BCUT2D eigenvalue weighted by Gasteiger charge is -2.41. The second kappa shape index (κ2) is 10.6. The molecule has 1 heterocycles. The highest BCUT2D eigenvalue weighted by Gasteiger charge is 2.37. The van der Waals surface area contributed by atoms with Crippen LogP contribution >= 0.6 is 0 Å².